The van der Waals surface area contributed by atoms with Crippen molar-refractivity contribution in [2.75, 3.05) is 23.0 Å². The third-order valence-electron chi connectivity index (χ3n) is 11.4. The standard InChI is InChI=1S/C45H44ClN3O7Si/c1-29-42(57(2,3)54)40(26-41(51)47(22-23-50)27-30-12-5-4-6-13-30)56-45(29)35-25-32(46)20-21-36(35)48(44(45)53)28-31-14-11-15-33(24-31)49-37-17-8-10-19-39(37)55-38-18-9-7-16-34(38)43(49)52/h4-21,24-25,29,40,42,50,54H,22-23,26-28H2,1-3H3/t29-,40+,42-,45+/m0/s1. The second-order valence-corrected chi connectivity index (χ2v) is 19.9. The van der Waals surface area contributed by atoms with Crippen LogP contribution in [0.1, 0.15) is 40.4 Å². The Hall–Kier alpha value is -5.30. The highest BCUT2D eigenvalue weighted by Gasteiger charge is 2.66. The van der Waals surface area contributed by atoms with Gasteiger partial charge in [0, 0.05) is 40.8 Å². The van der Waals surface area contributed by atoms with E-state index in [0.717, 1.165) is 11.1 Å². The highest BCUT2D eigenvalue weighted by atomic mass is 35.5. The average Bonchev–Trinajstić information content (AvgIpc) is 3.56. The number of hydrogen-bond donors (Lipinski definition) is 2. The summed E-state index contributed by atoms with van der Waals surface area (Å²) >= 11 is 6.64. The normalized spacial score (nSPS) is 21.2. The first-order chi connectivity index (χ1) is 27.4. The summed E-state index contributed by atoms with van der Waals surface area (Å²) in [4.78, 5) is 60.1. The molecule has 3 aliphatic rings. The van der Waals surface area contributed by atoms with Crippen LogP contribution in [-0.4, -0.2) is 60.1 Å². The van der Waals surface area contributed by atoms with E-state index in [1.165, 1.54) is 0 Å². The smallest absolute Gasteiger partial charge is 0.266 e. The number of aliphatic hydroxyl groups is 1. The first kappa shape index (κ1) is 38.6. The molecule has 0 saturated carbocycles. The molecule has 1 saturated heterocycles. The van der Waals surface area contributed by atoms with Crippen molar-refractivity contribution < 1.29 is 33.8 Å². The lowest BCUT2D eigenvalue weighted by Gasteiger charge is -2.32. The SMILES string of the molecule is C[C@H]1[C@H]([Si](C)(C)O)[C@@H](CC(=O)N(CCO)Cc2ccccc2)O[C@]12C(=O)N(Cc1cccc(N3C(=O)c4ccccc4Oc4ccccc43)c1)c1ccc(Cl)cc12. The van der Waals surface area contributed by atoms with Crippen molar-refractivity contribution in [2.24, 2.45) is 5.92 Å². The molecule has 3 amide bonds. The number of rotatable bonds is 10. The molecule has 0 aromatic heterocycles. The third-order valence-corrected chi connectivity index (χ3v) is 14.2. The largest absolute Gasteiger partial charge is 0.454 e. The number of halogens is 1. The Labute approximate surface area is 338 Å². The maximum atomic E-state index is 15.2. The number of benzene rings is 5. The van der Waals surface area contributed by atoms with E-state index in [4.69, 9.17) is 21.1 Å². The lowest BCUT2D eigenvalue weighted by molar-refractivity contribution is -0.150. The van der Waals surface area contributed by atoms with Crippen LogP contribution in [0.25, 0.3) is 0 Å². The highest BCUT2D eigenvalue weighted by molar-refractivity contribution is 6.71. The van der Waals surface area contributed by atoms with Gasteiger partial charge in [0.2, 0.25) is 5.91 Å². The van der Waals surface area contributed by atoms with Gasteiger partial charge in [-0.1, -0.05) is 85.3 Å². The topological polar surface area (TPSA) is 120 Å². The summed E-state index contributed by atoms with van der Waals surface area (Å²) in [6, 6.07) is 36.9. The average molecular weight is 802 g/mol. The molecule has 3 heterocycles. The maximum absolute atomic E-state index is 15.2. The van der Waals surface area contributed by atoms with Crippen LogP contribution in [0.2, 0.25) is 23.7 Å². The Kier molecular flexibility index (Phi) is 10.3. The molecule has 1 fully saturated rings. The number of amides is 3. The number of hydrogen-bond acceptors (Lipinski definition) is 7. The molecule has 2 N–H and O–H groups in total. The summed E-state index contributed by atoms with van der Waals surface area (Å²) in [6.07, 6.45) is -0.862. The van der Waals surface area contributed by atoms with Gasteiger partial charge < -0.3 is 29.2 Å². The van der Waals surface area contributed by atoms with E-state index < -0.39 is 31.5 Å². The van der Waals surface area contributed by atoms with Crippen molar-refractivity contribution in [1.29, 1.82) is 0 Å². The van der Waals surface area contributed by atoms with Crippen LogP contribution < -0.4 is 14.5 Å². The molecule has 10 nitrogen and oxygen atoms in total. The second kappa shape index (κ2) is 15.2. The van der Waals surface area contributed by atoms with Crippen LogP contribution in [0.3, 0.4) is 0 Å². The highest BCUT2D eigenvalue weighted by Crippen LogP contribution is 2.60. The molecule has 12 heteroatoms. The monoisotopic (exact) mass is 801 g/mol. The first-order valence-electron chi connectivity index (χ1n) is 19.1. The molecule has 1 spiro atoms. The maximum Gasteiger partial charge on any atom is 0.266 e. The quantitative estimate of drug-likeness (QED) is 0.137. The van der Waals surface area contributed by atoms with Gasteiger partial charge in [-0.05, 0) is 78.8 Å². The summed E-state index contributed by atoms with van der Waals surface area (Å²) in [6.45, 7) is 5.92. The molecule has 5 aromatic carbocycles. The molecule has 0 bridgehead atoms. The zero-order valence-corrected chi connectivity index (χ0v) is 33.7. The van der Waals surface area contributed by atoms with E-state index in [1.807, 2.05) is 111 Å². The number of fused-ring (bicyclic) bond motifs is 4. The zero-order valence-electron chi connectivity index (χ0n) is 32.0. The molecular weight excluding hydrogens is 758 g/mol. The summed E-state index contributed by atoms with van der Waals surface area (Å²) < 4.78 is 13.2. The molecule has 0 unspecified atom stereocenters. The van der Waals surface area contributed by atoms with Crippen molar-refractivity contribution in [3.63, 3.8) is 0 Å². The van der Waals surface area contributed by atoms with Crippen molar-refractivity contribution in [3.05, 3.63) is 149 Å². The van der Waals surface area contributed by atoms with Crippen molar-refractivity contribution in [2.45, 2.75) is 56.8 Å². The fraction of sp³-hybridized carbons (Fsp3) is 0.267. The predicted molar refractivity (Wildman–Crippen MR) is 221 cm³/mol. The van der Waals surface area contributed by atoms with Crippen LogP contribution >= 0.6 is 11.6 Å². The van der Waals surface area contributed by atoms with Gasteiger partial charge >= 0.3 is 0 Å². The molecule has 4 atom stereocenters. The number of aliphatic hydroxyl groups excluding tert-OH is 1. The van der Waals surface area contributed by atoms with Crippen LogP contribution in [-0.2, 0) is 33.0 Å². The van der Waals surface area contributed by atoms with Crippen molar-refractivity contribution >= 4 is 54.7 Å². The van der Waals surface area contributed by atoms with Crippen LogP contribution in [0.5, 0.6) is 11.5 Å². The minimum Gasteiger partial charge on any atom is -0.454 e. The fourth-order valence-corrected chi connectivity index (χ4v) is 11.7. The van der Waals surface area contributed by atoms with E-state index in [9.17, 15) is 19.5 Å². The van der Waals surface area contributed by atoms with Gasteiger partial charge in [-0.25, -0.2) is 0 Å². The third kappa shape index (κ3) is 6.93. The molecule has 0 aliphatic carbocycles. The number of ether oxygens (including phenoxy) is 2. The van der Waals surface area contributed by atoms with E-state index >= 15 is 4.79 Å². The lowest BCUT2D eigenvalue weighted by atomic mass is 9.82. The molecular formula is C45H44ClN3O7Si. The Bertz CT molecular complexity index is 2350. The van der Waals surface area contributed by atoms with Crippen LogP contribution in [0, 0.1) is 5.92 Å². The molecule has 5 aromatic rings. The zero-order chi connectivity index (χ0) is 40.1. The fourth-order valence-electron chi connectivity index (χ4n) is 8.97. The van der Waals surface area contributed by atoms with E-state index in [2.05, 4.69) is 0 Å². The van der Waals surface area contributed by atoms with E-state index in [-0.39, 0.29) is 43.8 Å². The van der Waals surface area contributed by atoms with Crippen LogP contribution in [0.4, 0.5) is 17.1 Å². The summed E-state index contributed by atoms with van der Waals surface area (Å²) in [5.74, 6) is -0.323. The van der Waals surface area contributed by atoms with Gasteiger partial charge in [0.25, 0.3) is 11.8 Å². The number of nitrogens with zero attached hydrogens (tertiary/aromatic N) is 3. The van der Waals surface area contributed by atoms with Crippen LogP contribution in [0.15, 0.2) is 121 Å². The second-order valence-electron chi connectivity index (χ2n) is 15.5. The number of anilines is 3. The Morgan fingerprint density at radius 2 is 1.56 bits per heavy atom. The summed E-state index contributed by atoms with van der Waals surface area (Å²) in [7, 11) is -3.09. The molecule has 3 aliphatic heterocycles. The predicted octanol–water partition coefficient (Wildman–Crippen LogP) is 8.18. The van der Waals surface area contributed by atoms with Gasteiger partial charge in [0.05, 0.1) is 42.6 Å². The van der Waals surface area contributed by atoms with Gasteiger partial charge in [0.15, 0.2) is 19.7 Å². The van der Waals surface area contributed by atoms with Crippen molar-refractivity contribution in [1.82, 2.24) is 4.90 Å². The summed E-state index contributed by atoms with van der Waals surface area (Å²) in [5.41, 5.74) is 2.47. The molecule has 57 heavy (non-hydrogen) atoms. The van der Waals surface area contributed by atoms with Crippen molar-refractivity contribution in [3.8, 4) is 11.5 Å². The Morgan fingerprint density at radius 1 is 0.860 bits per heavy atom. The Balaban J connectivity index is 1.13. The van der Waals surface area contributed by atoms with Gasteiger partial charge in [0.1, 0.15) is 5.75 Å². The summed E-state index contributed by atoms with van der Waals surface area (Å²) in [5, 5.41) is 10.3. The molecule has 8 rings (SSSR count). The van der Waals surface area contributed by atoms with Gasteiger partial charge in [-0.2, -0.15) is 0 Å². The van der Waals surface area contributed by atoms with Gasteiger partial charge in [-0.3, -0.25) is 19.3 Å². The number of carbonyl (C=O) groups is 3. The molecule has 292 valence electrons. The first-order valence-corrected chi connectivity index (χ1v) is 22.5. The van der Waals surface area contributed by atoms with E-state index in [0.29, 0.717) is 51.3 Å². The molecule has 0 radical (unpaired) electrons. The lowest BCUT2D eigenvalue weighted by Crippen LogP contribution is -2.46. The minimum absolute atomic E-state index is 0.0794. The minimum atomic E-state index is -3.09. The van der Waals surface area contributed by atoms with E-state index in [1.54, 1.807) is 45.0 Å². The number of para-hydroxylation sites is 3. The number of carbonyl (C=O) groups excluding carboxylic acids is 3. The van der Waals surface area contributed by atoms with Gasteiger partial charge in [-0.15, -0.1) is 0 Å². The Morgan fingerprint density at radius 3 is 2.32 bits per heavy atom.